The molecule has 1 fully saturated rings. The minimum Gasteiger partial charge on any atom is -0.317 e. The van der Waals surface area contributed by atoms with E-state index in [0.29, 0.717) is 0 Å². The van der Waals surface area contributed by atoms with Crippen LogP contribution < -0.4 is 5.32 Å². The van der Waals surface area contributed by atoms with E-state index in [4.69, 9.17) is 0 Å². The standard InChI is InChI=1S/C15H29N/c1-3-4-6-11-15(16-2)13-12-14-9-7-5-8-10-14/h3,14-16H,1,4-13H2,2H3. The van der Waals surface area contributed by atoms with Crippen molar-refractivity contribution >= 4 is 0 Å². The molecule has 94 valence electrons. The molecule has 1 unspecified atom stereocenters. The van der Waals surface area contributed by atoms with Crippen LogP contribution in [-0.2, 0) is 0 Å². The quantitative estimate of drug-likeness (QED) is 0.478. The highest BCUT2D eigenvalue weighted by atomic mass is 14.9. The van der Waals surface area contributed by atoms with E-state index in [-0.39, 0.29) is 0 Å². The first-order valence-electron chi connectivity index (χ1n) is 7.15. The monoisotopic (exact) mass is 223 g/mol. The normalized spacial score (nSPS) is 19.6. The molecule has 1 aliphatic carbocycles. The largest absolute Gasteiger partial charge is 0.317 e. The topological polar surface area (TPSA) is 12.0 Å². The Labute approximate surface area is 102 Å². The Morgan fingerprint density at radius 2 is 2.00 bits per heavy atom. The number of hydrogen-bond donors (Lipinski definition) is 1. The van der Waals surface area contributed by atoms with Crippen LogP contribution in [0.25, 0.3) is 0 Å². The summed E-state index contributed by atoms with van der Waals surface area (Å²) < 4.78 is 0. The van der Waals surface area contributed by atoms with E-state index in [1.165, 1.54) is 64.2 Å². The molecule has 0 spiro atoms. The Balaban J connectivity index is 2.09. The fourth-order valence-corrected chi connectivity index (χ4v) is 2.85. The van der Waals surface area contributed by atoms with Gasteiger partial charge in [-0.3, -0.25) is 0 Å². The highest BCUT2D eigenvalue weighted by molar-refractivity contribution is 4.73. The van der Waals surface area contributed by atoms with Gasteiger partial charge in [-0.05, 0) is 45.1 Å². The highest BCUT2D eigenvalue weighted by Crippen LogP contribution is 2.28. The van der Waals surface area contributed by atoms with Gasteiger partial charge in [0.15, 0.2) is 0 Å². The van der Waals surface area contributed by atoms with E-state index in [9.17, 15) is 0 Å². The summed E-state index contributed by atoms with van der Waals surface area (Å²) in [7, 11) is 2.11. The first-order chi connectivity index (χ1) is 7.86. The maximum atomic E-state index is 3.78. The van der Waals surface area contributed by atoms with Gasteiger partial charge >= 0.3 is 0 Å². The molecule has 0 saturated heterocycles. The molecule has 0 aromatic carbocycles. The van der Waals surface area contributed by atoms with Gasteiger partial charge in [-0.25, -0.2) is 0 Å². The predicted molar refractivity (Wildman–Crippen MR) is 72.7 cm³/mol. The summed E-state index contributed by atoms with van der Waals surface area (Å²) in [6.07, 6.45) is 16.0. The molecule has 0 amide bonds. The minimum atomic E-state index is 0.738. The fraction of sp³-hybridized carbons (Fsp3) is 0.867. The van der Waals surface area contributed by atoms with Crippen LogP contribution in [0.5, 0.6) is 0 Å². The van der Waals surface area contributed by atoms with Crippen LogP contribution in [0.2, 0.25) is 0 Å². The maximum absolute atomic E-state index is 3.78. The van der Waals surface area contributed by atoms with Crippen LogP contribution in [0.4, 0.5) is 0 Å². The van der Waals surface area contributed by atoms with Crippen molar-refractivity contribution in [2.24, 2.45) is 5.92 Å². The molecule has 0 radical (unpaired) electrons. The van der Waals surface area contributed by atoms with Crippen LogP contribution in [0.1, 0.15) is 64.2 Å². The molecule has 0 aromatic rings. The molecule has 1 N–H and O–H groups in total. The summed E-state index contributed by atoms with van der Waals surface area (Å²) in [5.74, 6) is 1.03. The van der Waals surface area contributed by atoms with Crippen molar-refractivity contribution in [1.82, 2.24) is 5.32 Å². The molecular weight excluding hydrogens is 194 g/mol. The van der Waals surface area contributed by atoms with Gasteiger partial charge in [-0.15, -0.1) is 6.58 Å². The Morgan fingerprint density at radius 3 is 2.62 bits per heavy atom. The number of nitrogens with one attached hydrogen (secondary N) is 1. The second-order valence-electron chi connectivity index (χ2n) is 5.29. The molecule has 1 aliphatic rings. The van der Waals surface area contributed by atoms with Gasteiger partial charge < -0.3 is 5.32 Å². The van der Waals surface area contributed by atoms with Crippen LogP contribution in [0, 0.1) is 5.92 Å². The predicted octanol–water partition coefficient (Wildman–Crippen LogP) is 4.29. The summed E-state index contributed by atoms with van der Waals surface area (Å²) in [6, 6.07) is 0.738. The lowest BCUT2D eigenvalue weighted by molar-refractivity contribution is 0.311. The summed E-state index contributed by atoms with van der Waals surface area (Å²) >= 11 is 0. The Kier molecular flexibility index (Phi) is 7.58. The molecule has 1 saturated carbocycles. The van der Waals surface area contributed by atoms with Gasteiger partial charge in [0.05, 0.1) is 0 Å². The second kappa shape index (κ2) is 8.81. The molecular formula is C15H29N. The van der Waals surface area contributed by atoms with Crippen LogP contribution in [0.3, 0.4) is 0 Å². The zero-order valence-electron chi connectivity index (χ0n) is 11.0. The molecule has 1 rings (SSSR count). The van der Waals surface area contributed by atoms with Gasteiger partial charge in [0.2, 0.25) is 0 Å². The molecule has 0 bridgehead atoms. The lowest BCUT2D eigenvalue weighted by Crippen LogP contribution is -2.26. The zero-order valence-corrected chi connectivity index (χ0v) is 11.0. The molecule has 1 nitrogen and oxygen atoms in total. The summed E-state index contributed by atoms with van der Waals surface area (Å²) in [4.78, 5) is 0. The Bertz CT molecular complexity index is 170. The van der Waals surface area contributed by atoms with Crippen molar-refractivity contribution in [1.29, 1.82) is 0 Å². The van der Waals surface area contributed by atoms with Crippen molar-refractivity contribution in [3.63, 3.8) is 0 Å². The lowest BCUT2D eigenvalue weighted by Gasteiger charge is -2.24. The Morgan fingerprint density at radius 1 is 1.25 bits per heavy atom. The average molecular weight is 223 g/mol. The third-order valence-corrected chi connectivity index (χ3v) is 4.02. The van der Waals surface area contributed by atoms with Crippen LogP contribution >= 0.6 is 0 Å². The Hall–Kier alpha value is -0.300. The number of allylic oxidation sites excluding steroid dienone is 1. The molecule has 1 heteroatoms. The van der Waals surface area contributed by atoms with Gasteiger partial charge in [-0.2, -0.15) is 0 Å². The van der Waals surface area contributed by atoms with Crippen LogP contribution in [-0.4, -0.2) is 13.1 Å². The van der Waals surface area contributed by atoms with E-state index in [1.54, 1.807) is 0 Å². The lowest BCUT2D eigenvalue weighted by atomic mass is 9.85. The molecule has 0 heterocycles. The highest BCUT2D eigenvalue weighted by Gasteiger charge is 2.15. The maximum Gasteiger partial charge on any atom is 0.00642 e. The first-order valence-corrected chi connectivity index (χ1v) is 7.15. The number of unbranched alkanes of at least 4 members (excludes halogenated alkanes) is 1. The second-order valence-corrected chi connectivity index (χ2v) is 5.29. The third kappa shape index (κ3) is 5.69. The van der Waals surface area contributed by atoms with Crippen LogP contribution in [0.15, 0.2) is 12.7 Å². The summed E-state index contributed by atoms with van der Waals surface area (Å²) in [5, 5.41) is 3.47. The summed E-state index contributed by atoms with van der Waals surface area (Å²) in [5.41, 5.74) is 0. The fourth-order valence-electron chi connectivity index (χ4n) is 2.85. The number of rotatable bonds is 8. The van der Waals surface area contributed by atoms with E-state index in [2.05, 4.69) is 18.9 Å². The van der Waals surface area contributed by atoms with Crippen molar-refractivity contribution < 1.29 is 0 Å². The van der Waals surface area contributed by atoms with E-state index in [0.717, 1.165) is 12.0 Å². The SMILES string of the molecule is C=CCCCC(CCC1CCCCC1)NC. The third-order valence-electron chi connectivity index (χ3n) is 4.02. The van der Waals surface area contributed by atoms with E-state index in [1.807, 2.05) is 6.08 Å². The van der Waals surface area contributed by atoms with E-state index < -0.39 is 0 Å². The smallest absolute Gasteiger partial charge is 0.00642 e. The first kappa shape index (κ1) is 13.8. The van der Waals surface area contributed by atoms with Crippen molar-refractivity contribution in [3.05, 3.63) is 12.7 Å². The van der Waals surface area contributed by atoms with Gasteiger partial charge in [-0.1, -0.05) is 38.2 Å². The van der Waals surface area contributed by atoms with E-state index >= 15 is 0 Å². The number of hydrogen-bond acceptors (Lipinski definition) is 1. The minimum absolute atomic E-state index is 0.738. The van der Waals surface area contributed by atoms with Crippen molar-refractivity contribution in [3.8, 4) is 0 Å². The molecule has 0 aliphatic heterocycles. The van der Waals surface area contributed by atoms with Gasteiger partial charge in [0, 0.05) is 6.04 Å². The zero-order chi connectivity index (χ0) is 11.6. The molecule has 1 atom stereocenters. The van der Waals surface area contributed by atoms with Crippen molar-refractivity contribution in [2.75, 3.05) is 7.05 Å². The molecule has 0 aromatic heterocycles. The van der Waals surface area contributed by atoms with Gasteiger partial charge in [0.25, 0.3) is 0 Å². The van der Waals surface area contributed by atoms with Gasteiger partial charge in [0.1, 0.15) is 0 Å². The van der Waals surface area contributed by atoms with Crippen molar-refractivity contribution in [2.45, 2.75) is 70.3 Å². The average Bonchev–Trinajstić information content (AvgIpc) is 2.35. The summed E-state index contributed by atoms with van der Waals surface area (Å²) in [6.45, 7) is 3.78. The molecule has 16 heavy (non-hydrogen) atoms.